The van der Waals surface area contributed by atoms with Crippen molar-refractivity contribution in [3.63, 3.8) is 0 Å². The lowest BCUT2D eigenvalue weighted by Crippen LogP contribution is -2.36. The van der Waals surface area contributed by atoms with Gasteiger partial charge in [-0.3, -0.25) is 0 Å². The largest absolute Gasteiger partial charge is 0.477 e. The van der Waals surface area contributed by atoms with E-state index in [2.05, 4.69) is 16.8 Å². The third kappa shape index (κ3) is 3.14. The summed E-state index contributed by atoms with van der Waals surface area (Å²) in [5, 5.41) is 10.2. The molecule has 0 unspecified atom stereocenters. The third-order valence-electron chi connectivity index (χ3n) is 3.99. The molecule has 0 amide bonds. The number of carbonyl (C=O) groups is 1. The lowest BCUT2D eigenvalue weighted by atomic mass is 9.94. The van der Waals surface area contributed by atoms with Crippen molar-refractivity contribution in [1.29, 1.82) is 0 Å². The van der Waals surface area contributed by atoms with Crippen LogP contribution < -0.4 is 4.90 Å². The Balaban J connectivity index is 2.29. The van der Waals surface area contributed by atoms with Gasteiger partial charge in [-0.15, -0.1) is 0 Å². The highest BCUT2D eigenvalue weighted by atomic mass is 32.1. The molecule has 1 fully saturated rings. The SMILES string of the molecule is CCN(c1nc(C(C)C)c(C(=O)O)s1)C1CCCCC1. The molecular weight excluding hydrogens is 272 g/mol. The predicted molar refractivity (Wildman–Crippen MR) is 83.1 cm³/mol. The second kappa shape index (κ2) is 6.57. The molecule has 1 N–H and O–H groups in total. The number of nitrogens with zero attached hydrogens (tertiary/aromatic N) is 2. The van der Waals surface area contributed by atoms with Crippen molar-refractivity contribution < 1.29 is 9.90 Å². The van der Waals surface area contributed by atoms with Gasteiger partial charge in [0.1, 0.15) is 4.88 Å². The normalized spacial score (nSPS) is 16.6. The zero-order valence-corrected chi connectivity index (χ0v) is 13.4. The highest BCUT2D eigenvalue weighted by Gasteiger charge is 2.26. The summed E-state index contributed by atoms with van der Waals surface area (Å²) in [5.74, 6) is -0.701. The number of hydrogen-bond donors (Lipinski definition) is 1. The van der Waals surface area contributed by atoms with Crippen LogP contribution >= 0.6 is 11.3 Å². The molecule has 0 radical (unpaired) electrons. The molecule has 2 rings (SSSR count). The van der Waals surface area contributed by atoms with Crippen LogP contribution in [0.25, 0.3) is 0 Å². The Kier molecular flexibility index (Phi) is 5.02. The molecule has 5 heteroatoms. The van der Waals surface area contributed by atoms with Crippen LogP contribution in [0.5, 0.6) is 0 Å². The molecule has 0 atom stereocenters. The Labute approximate surface area is 124 Å². The van der Waals surface area contributed by atoms with Crippen LogP contribution in [-0.4, -0.2) is 28.6 Å². The van der Waals surface area contributed by atoms with Gasteiger partial charge in [-0.25, -0.2) is 9.78 Å². The summed E-state index contributed by atoms with van der Waals surface area (Å²) in [6.07, 6.45) is 6.27. The summed E-state index contributed by atoms with van der Waals surface area (Å²) in [5.41, 5.74) is 0.728. The summed E-state index contributed by atoms with van der Waals surface area (Å²) < 4.78 is 0. The van der Waals surface area contributed by atoms with Gasteiger partial charge in [0, 0.05) is 12.6 Å². The van der Waals surface area contributed by atoms with Crippen LogP contribution in [0.15, 0.2) is 0 Å². The van der Waals surface area contributed by atoms with Crippen molar-refractivity contribution in [2.24, 2.45) is 0 Å². The van der Waals surface area contributed by atoms with E-state index in [1.165, 1.54) is 43.4 Å². The van der Waals surface area contributed by atoms with E-state index in [-0.39, 0.29) is 5.92 Å². The average molecular weight is 296 g/mol. The maximum absolute atomic E-state index is 11.4. The maximum atomic E-state index is 11.4. The lowest BCUT2D eigenvalue weighted by Gasteiger charge is -2.33. The molecular formula is C15H24N2O2S. The van der Waals surface area contributed by atoms with Gasteiger partial charge in [-0.2, -0.15) is 0 Å². The molecule has 112 valence electrons. The standard InChI is InChI=1S/C15H24N2O2S/c1-4-17(11-8-6-5-7-9-11)15-16-12(10(2)3)13(20-15)14(18)19/h10-11H,4-9H2,1-3H3,(H,18,19). The minimum absolute atomic E-state index is 0.149. The van der Waals surface area contributed by atoms with E-state index in [9.17, 15) is 9.90 Å². The van der Waals surface area contributed by atoms with Crippen LogP contribution in [0.4, 0.5) is 5.13 Å². The number of rotatable bonds is 5. The van der Waals surface area contributed by atoms with E-state index < -0.39 is 5.97 Å². The molecule has 1 aliphatic rings. The Morgan fingerprint density at radius 2 is 2.05 bits per heavy atom. The van der Waals surface area contributed by atoms with Crippen LogP contribution in [-0.2, 0) is 0 Å². The summed E-state index contributed by atoms with van der Waals surface area (Å²) in [7, 11) is 0. The topological polar surface area (TPSA) is 53.4 Å². The number of anilines is 1. The van der Waals surface area contributed by atoms with Gasteiger partial charge < -0.3 is 10.0 Å². The Hall–Kier alpha value is -1.10. The first-order valence-electron chi connectivity index (χ1n) is 7.55. The minimum Gasteiger partial charge on any atom is -0.477 e. The Morgan fingerprint density at radius 1 is 1.40 bits per heavy atom. The number of aromatic nitrogens is 1. The highest BCUT2D eigenvalue weighted by Crippen LogP contribution is 2.34. The minimum atomic E-state index is -0.850. The maximum Gasteiger partial charge on any atom is 0.347 e. The molecule has 0 aliphatic heterocycles. The van der Waals surface area contributed by atoms with Crippen LogP contribution in [0.2, 0.25) is 0 Å². The van der Waals surface area contributed by atoms with Gasteiger partial charge in [0.25, 0.3) is 0 Å². The van der Waals surface area contributed by atoms with Crippen LogP contribution in [0.3, 0.4) is 0 Å². The zero-order chi connectivity index (χ0) is 14.7. The molecule has 1 saturated carbocycles. The van der Waals surface area contributed by atoms with Gasteiger partial charge >= 0.3 is 5.97 Å². The fourth-order valence-electron chi connectivity index (χ4n) is 2.93. The number of carboxylic acid groups (broad SMARTS) is 1. The number of hydrogen-bond acceptors (Lipinski definition) is 4. The van der Waals surface area contributed by atoms with Gasteiger partial charge in [0.05, 0.1) is 5.69 Å². The summed E-state index contributed by atoms with van der Waals surface area (Å²) >= 11 is 1.34. The Bertz CT molecular complexity index is 464. The third-order valence-corrected chi connectivity index (χ3v) is 5.08. The quantitative estimate of drug-likeness (QED) is 0.888. The first-order valence-corrected chi connectivity index (χ1v) is 8.36. The van der Waals surface area contributed by atoms with Crippen molar-refractivity contribution in [3.05, 3.63) is 10.6 Å². The molecule has 4 nitrogen and oxygen atoms in total. The number of thiazole rings is 1. The highest BCUT2D eigenvalue weighted by molar-refractivity contribution is 7.17. The van der Waals surface area contributed by atoms with Crippen molar-refractivity contribution in [2.45, 2.75) is 64.8 Å². The molecule has 0 saturated heterocycles. The van der Waals surface area contributed by atoms with E-state index in [0.717, 1.165) is 17.4 Å². The average Bonchev–Trinajstić information content (AvgIpc) is 2.86. The zero-order valence-electron chi connectivity index (χ0n) is 12.6. The van der Waals surface area contributed by atoms with E-state index in [0.29, 0.717) is 10.9 Å². The van der Waals surface area contributed by atoms with Crippen LogP contribution in [0.1, 0.15) is 74.2 Å². The van der Waals surface area contributed by atoms with E-state index in [4.69, 9.17) is 0 Å². The number of carboxylic acids is 1. The lowest BCUT2D eigenvalue weighted by molar-refractivity contribution is 0.0700. The molecule has 1 aliphatic carbocycles. The Morgan fingerprint density at radius 3 is 2.50 bits per heavy atom. The van der Waals surface area contributed by atoms with Crippen molar-refractivity contribution in [3.8, 4) is 0 Å². The summed E-state index contributed by atoms with van der Waals surface area (Å²) in [6.45, 7) is 7.03. The fraction of sp³-hybridized carbons (Fsp3) is 0.733. The van der Waals surface area contributed by atoms with Gasteiger partial charge in [-0.05, 0) is 25.7 Å². The molecule has 0 spiro atoms. The molecule has 20 heavy (non-hydrogen) atoms. The summed E-state index contributed by atoms with van der Waals surface area (Å²) in [4.78, 5) is 18.7. The first-order chi connectivity index (χ1) is 9.54. The molecule has 1 heterocycles. The van der Waals surface area contributed by atoms with Gasteiger partial charge in [0.2, 0.25) is 0 Å². The second-order valence-electron chi connectivity index (χ2n) is 5.75. The van der Waals surface area contributed by atoms with Crippen molar-refractivity contribution >= 4 is 22.4 Å². The first kappa shape index (κ1) is 15.3. The molecule has 0 aromatic carbocycles. The fourth-order valence-corrected chi connectivity index (χ4v) is 4.13. The molecule has 0 bridgehead atoms. The second-order valence-corrected chi connectivity index (χ2v) is 6.73. The van der Waals surface area contributed by atoms with Gasteiger partial charge in [-0.1, -0.05) is 44.4 Å². The van der Waals surface area contributed by atoms with Crippen molar-refractivity contribution in [2.75, 3.05) is 11.4 Å². The van der Waals surface area contributed by atoms with E-state index >= 15 is 0 Å². The van der Waals surface area contributed by atoms with Crippen molar-refractivity contribution in [1.82, 2.24) is 4.98 Å². The predicted octanol–water partition coefficient (Wildman–Crippen LogP) is 4.12. The summed E-state index contributed by atoms with van der Waals surface area (Å²) in [6, 6.07) is 0.529. The molecule has 1 aromatic heterocycles. The van der Waals surface area contributed by atoms with E-state index in [1.807, 2.05) is 13.8 Å². The van der Waals surface area contributed by atoms with Crippen LogP contribution in [0, 0.1) is 0 Å². The smallest absolute Gasteiger partial charge is 0.347 e. The van der Waals surface area contributed by atoms with Gasteiger partial charge in [0.15, 0.2) is 5.13 Å². The monoisotopic (exact) mass is 296 g/mol. The van der Waals surface area contributed by atoms with E-state index in [1.54, 1.807) is 0 Å². The number of aromatic carboxylic acids is 1. The molecule has 1 aromatic rings.